The molecule has 1 fully saturated rings. The SMILES string of the molecule is CN(C)C1CSCC1N(C)C. The molecule has 11 heavy (non-hydrogen) atoms. The average Bonchev–Trinajstić information content (AvgIpc) is 2.32. The molecule has 2 unspecified atom stereocenters. The van der Waals surface area contributed by atoms with Crippen molar-refractivity contribution in [1.29, 1.82) is 0 Å². The quantitative estimate of drug-likeness (QED) is 0.605. The van der Waals surface area contributed by atoms with Crippen molar-refractivity contribution in [2.24, 2.45) is 0 Å². The Labute approximate surface area is 73.9 Å². The van der Waals surface area contributed by atoms with Gasteiger partial charge in [0.05, 0.1) is 0 Å². The van der Waals surface area contributed by atoms with Gasteiger partial charge >= 0.3 is 0 Å². The smallest absolute Gasteiger partial charge is 0.0343 e. The molecule has 0 amide bonds. The van der Waals surface area contributed by atoms with Crippen molar-refractivity contribution < 1.29 is 0 Å². The van der Waals surface area contributed by atoms with Gasteiger partial charge < -0.3 is 9.80 Å². The van der Waals surface area contributed by atoms with Crippen LogP contribution in [0.2, 0.25) is 0 Å². The molecule has 1 rings (SSSR count). The molecule has 66 valence electrons. The Morgan fingerprint density at radius 1 is 0.909 bits per heavy atom. The lowest BCUT2D eigenvalue weighted by molar-refractivity contribution is 0.191. The minimum atomic E-state index is 0.745. The molecule has 3 heteroatoms. The highest BCUT2D eigenvalue weighted by Crippen LogP contribution is 2.24. The summed E-state index contributed by atoms with van der Waals surface area (Å²) >= 11 is 2.06. The highest BCUT2D eigenvalue weighted by molar-refractivity contribution is 7.99. The molecule has 0 spiro atoms. The highest BCUT2D eigenvalue weighted by Gasteiger charge is 2.30. The molecule has 0 aromatic heterocycles. The van der Waals surface area contributed by atoms with E-state index < -0.39 is 0 Å². The molecule has 0 aliphatic carbocycles. The first kappa shape index (κ1) is 9.36. The van der Waals surface area contributed by atoms with E-state index >= 15 is 0 Å². The maximum absolute atomic E-state index is 2.34. The lowest BCUT2D eigenvalue weighted by atomic mass is 10.1. The molecule has 1 aliphatic heterocycles. The Kier molecular flexibility index (Phi) is 3.22. The van der Waals surface area contributed by atoms with Gasteiger partial charge in [-0.25, -0.2) is 0 Å². The summed E-state index contributed by atoms with van der Waals surface area (Å²) in [6.45, 7) is 0. The van der Waals surface area contributed by atoms with Crippen LogP contribution in [0, 0.1) is 0 Å². The van der Waals surface area contributed by atoms with Crippen molar-refractivity contribution in [2.75, 3.05) is 39.7 Å². The van der Waals surface area contributed by atoms with E-state index in [4.69, 9.17) is 0 Å². The normalized spacial score (nSPS) is 32.2. The molecular formula is C8H18N2S. The topological polar surface area (TPSA) is 6.48 Å². The van der Waals surface area contributed by atoms with Crippen LogP contribution in [-0.2, 0) is 0 Å². The van der Waals surface area contributed by atoms with Gasteiger partial charge in [0, 0.05) is 23.6 Å². The monoisotopic (exact) mass is 174 g/mol. The third-order valence-electron chi connectivity index (χ3n) is 2.35. The number of hydrogen-bond acceptors (Lipinski definition) is 3. The molecule has 1 heterocycles. The summed E-state index contributed by atoms with van der Waals surface area (Å²) in [6.07, 6.45) is 0. The fraction of sp³-hybridized carbons (Fsp3) is 1.00. The van der Waals surface area contributed by atoms with Crippen molar-refractivity contribution in [1.82, 2.24) is 9.80 Å². The van der Waals surface area contributed by atoms with Gasteiger partial charge in [0.2, 0.25) is 0 Å². The Hall–Kier alpha value is 0.270. The van der Waals surface area contributed by atoms with Gasteiger partial charge in [0.25, 0.3) is 0 Å². The minimum absolute atomic E-state index is 0.745. The Bertz CT molecular complexity index is 111. The molecular weight excluding hydrogens is 156 g/mol. The summed E-state index contributed by atoms with van der Waals surface area (Å²) in [5.41, 5.74) is 0. The summed E-state index contributed by atoms with van der Waals surface area (Å²) in [7, 11) is 8.69. The van der Waals surface area contributed by atoms with Crippen LogP contribution in [0.1, 0.15) is 0 Å². The second-order valence-corrected chi connectivity index (χ2v) is 4.67. The Morgan fingerprint density at radius 3 is 1.55 bits per heavy atom. The predicted molar refractivity (Wildman–Crippen MR) is 52.3 cm³/mol. The number of likely N-dealkylation sites (N-methyl/N-ethyl adjacent to an activating group) is 2. The van der Waals surface area contributed by atoms with Gasteiger partial charge in [-0.2, -0.15) is 11.8 Å². The first-order valence-corrected chi connectivity index (χ1v) is 5.19. The van der Waals surface area contributed by atoms with Crippen molar-refractivity contribution in [3.05, 3.63) is 0 Å². The molecule has 0 saturated carbocycles. The Morgan fingerprint density at radius 2 is 1.27 bits per heavy atom. The number of hydrogen-bond donors (Lipinski definition) is 0. The van der Waals surface area contributed by atoms with Crippen LogP contribution >= 0.6 is 11.8 Å². The maximum atomic E-state index is 2.34. The van der Waals surface area contributed by atoms with Crippen molar-refractivity contribution in [3.63, 3.8) is 0 Å². The molecule has 2 nitrogen and oxygen atoms in total. The van der Waals surface area contributed by atoms with Gasteiger partial charge in [-0.1, -0.05) is 0 Å². The van der Waals surface area contributed by atoms with E-state index in [1.54, 1.807) is 0 Å². The predicted octanol–water partition coefficient (Wildman–Crippen LogP) is 0.594. The highest BCUT2D eigenvalue weighted by atomic mass is 32.2. The van der Waals surface area contributed by atoms with Gasteiger partial charge in [0.1, 0.15) is 0 Å². The zero-order valence-electron chi connectivity index (χ0n) is 7.87. The molecule has 0 radical (unpaired) electrons. The third kappa shape index (κ3) is 2.10. The van der Waals surface area contributed by atoms with Crippen LogP contribution in [-0.4, -0.2) is 61.6 Å². The molecule has 0 N–H and O–H groups in total. The van der Waals surface area contributed by atoms with E-state index in [-0.39, 0.29) is 0 Å². The van der Waals surface area contributed by atoms with E-state index in [1.165, 1.54) is 11.5 Å². The summed E-state index contributed by atoms with van der Waals surface area (Å²) < 4.78 is 0. The first-order chi connectivity index (χ1) is 5.13. The number of thioether (sulfide) groups is 1. The van der Waals surface area contributed by atoms with Crippen LogP contribution in [0.15, 0.2) is 0 Å². The third-order valence-corrected chi connectivity index (χ3v) is 3.50. The van der Waals surface area contributed by atoms with Crippen LogP contribution in [0.5, 0.6) is 0 Å². The first-order valence-electron chi connectivity index (χ1n) is 4.03. The van der Waals surface area contributed by atoms with Crippen LogP contribution < -0.4 is 0 Å². The van der Waals surface area contributed by atoms with Crippen LogP contribution in [0.4, 0.5) is 0 Å². The van der Waals surface area contributed by atoms with E-state index in [2.05, 4.69) is 49.8 Å². The minimum Gasteiger partial charge on any atom is -0.304 e. The molecule has 1 saturated heterocycles. The second-order valence-electron chi connectivity index (χ2n) is 3.60. The van der Waals surface area contributed by atoms with Crippen molar-refractivity contribution in [3.8, 4) is 0 Å². The van der Waals surface area contributed by atoms with Gasteiger partial charge in [-0.3, -0.25) is 0 Å². The lowest BCUT2D eigenvalue weighted by Crippen LogP contribution is -2.45. The molecule has 0 aromatic carbocycles. The number of rotatable bonds is 2. The molecule has 2 atom stereocenters. The lowest BCUT2D eigenvalue weighted by Gasteiger charge is -2.29. The number of nitrogens with zero attached hydrogens (tertiary/aromatic N) is 2. The molecule has 1 aliphatic rings. The van der Waals surface area contributed by atoms with Crippen molar-refractivity contribution in [2.45, 2.75) is 12.1 Å². The van der Waals surface area contributed by atoms with Gasteiger partial charge in [-0.05, 0) is 28.2 Å². The van der Waals surface area contributed by atoms with Crippen LogP contribution in [0.3, 0.4) is 0 Å². The molecule has 0 aromatic rings. The van der Waals surface area contributed by atoms with E-state index in [1.807, 2.05) is 0 Å². The standard InChI is InChI=1S/C8H18N2S/c1-9(2)7-5-11-6-8(7)10(3)4/h7-8H,5-6H2,1-4H3. The zero-order chi connectivity index (χ0) is 8.43. The fourth-order valence-corrected chi connectivity index (χ4v) is 3.18. The second kappa shape index (κ2) is 3.78. The molecule has 0 bridgehead atoms. The largest absolute Gasteiger partial charge is 0.304 e. The van der Waals surface area contributed by atoms with Gasteiger partial charge in [-0.15, -0.1) is 0 Å². The Balaban J connectivity index is 2.51. The van der Waals surface area contributed by atoms with Gasteiger partial charge in [0.15, 0.2) is 0 Å². The van der Waals surface area contributed by atoms with E-state index in [9.17, 15) is 0 Å². The van der Waals surface area contributed by atoms with Crippen molar-refractivity contribution >= 4 is 11.8 Å². The maximum Gasteiger partial charge on any atom is 0.0343 e. The van der Waals surface area contributed by atoms with Crippen LogP contribution in [0.25, 0.3) is 0 Å². The summed E-state index contributed by atoms with van der Waals surface area (Å²) in [6, 6.07) is 1.49. The summed E-state index contributed by atoms with van der Waals surface area (Å²) in [5.74, 6) is 2.58. The zero-order valence-corrected chi connectivity index (χ0v) is 8.69. The fourth-order valence-electron chi connectivity index (χ4n) is 1.52. The average molecular weight is 174 g/mol. The van der Waals surface area contributed by atoms with E-state index in [0.29, 0.717) is 0 Å². The summed E-state index contributed by atoms with van der Waals surface area (Å²) in [4.78, 5) is 4.68. The van der Waals surface area contributed by atoms with E-state index in [0.717, 1.165) is 12.1 Å². The summed E-state index contributed by atoms with van der Waals surface area (Å²) in [5, 5.41) is 0.